The summed E-state index contributed by atoms with van der Waals surface area (Å²) in [4.78, 5) is 12.6. The third-order valence-electron chi connectivity index (χ3n) is 4.20. The molecule has 2 rings (SSSR count). The van der Waals surface area contributed by atoms with E-state index < -0.39 is 0 Å². The number of ketones is 1. The van der Waals surface area contributed by atoms with Gasteiger partial charge in [0.1, 0.15) is 5.78 Å². The summed E-state index contributed by atoms with van der Waals surface area (Å²) in [5.74, 6) is 0.621. The maximum absolute atomic E-state index is 12.6. The van der Waals surface area contributed by atoms with Crippen LogP contribution in [0.4, 0.5) is 0 Å². The monoisotopic (exact) mass is 225 g/mol. The van der Waals surface area contributed by atoms with E-state index in [0.717, 1.165) is 51.8 Å². The zero-order valence-electron chi connectivity index (χ0n) is 10.3. The highest BCUT2D eigenvalue weighted by molar-refractivity contribution is 5.87. The molecule has 0 spiro atoms. The summed E-state index contributed by atoms with van der Waals surface area (Å²) in [6, 6.07) is 0. The molecule has 0 aromatic carbocycles. The van der Waals surface area contributed by atoms with Crippen molar-refractivity contribution in [3.05, 3.63) is 0 Å². The predicted octanol–water partition coefficient (Wildman–Crippen LogP) is 1.76. The van der Waals surface area contributed by atoms with Gasteiger partial charge in [-0.2, -0.15) is 0 Å². The van der Waals surface area contributed by atoms with Gasteiger partial charge in [-0.1, -0.05) is 6.92 Å². The molecule has 2 aliphatic rings. The van der Waals surface area contributed by atoms with Crippen molar-refractivity contribution >= 4 is 5.78 Å². The van der Waals surface area contributed by atoms with Gasteiger partial charge in [0.05, 0.1) is 6.61 Å². The Hall–Kier alpha value is -0.410. The number of hydrogen-bond donors (Lipinski definition) is 1. The second-order valence-corrected chi connectivity index (χ2v) is 5.19. The van der Waals surface area contributed by atoms with Crippen molar-refractivity contribution in [2.45, 2.75) is 39.0 Å². The first-order valence-corrected chi connectivity index (χ1v) is 6.61. The topological polar surface area (TPSA) is 38.3 Å². The molecule has 3 nitrogen and oxygen atoms in total. The average Bonchev–Trinajstić information content (AvgIpc) is 2.39. The van der Waals surface area contributed by atoms with Crippen molar-refractivity contribution in [3.63, 3.8) is 0 Å². The molecular weight excluding hydrogens is 202 g/mol. The van der Waals surface area contributed by atoms with Crippen LogP contribution in [-0.2, 0) is 9.53 Å². The van der Waals surface area contributed by atoms with Gasteiger partial charge in [0.25, 0.3) is 0 Å². The largest absolute Gasteiger partial charge is 0.381 e. The molecule has 0 bridgehead atoms. The lowest BCUT2D eigenvalue weighted by molar-refractivity contribution is -0.138. The Labute approximate surface area is 97.9 Å². The number of carbonyl (C=O) groups is 1. The molecule has 0 amide bonds. The molecule has 16 heavy (non-hydrogen) atoms. The maximum Gasteiger partial charge on any atom is 0.145 e. The number of rotatable bonds is 3. The van der Waals surface area contributed by atoms with Crippen LogP contribution in [-0.4, -0.2) is 32.1 Å². The fourth-order valence-corrected chi connectivity index (χ4v) is 3.03. The molecule has 3 heteroatoms. The summed E-state index contributed by atoms with van der Waals surface area (Å²) in [6.45, 7) is 5.57. The van der Waals surface area contributed by atoms with E-state index in [1.54, 1.807) is 0 Å². The summed E-state index contributed by atoms with van der Waals surface area (Å²) in [5, 5.41) is 3.38. The minimum absolute atomic E-state index is 0.0936. The Morgan fingerprint density at radius 1 is 1.50 bits per heavy atom. The van der Waals surface area contributed by atoms with Gasteiger partial charge in [-0.25, -0.2) is 0 Å². The molecule has 2 atom stereocenters. The second kappa shape index (κ2) is 5.28. The van der Waals surface area contributed by atoms with Gasteiger partial charge in [-0.3, -0.25) is 4.79 Å². The standard InChI is InChI=1S/C13H23NO2/c1-2-13(6-4-7-14-10-13)12(15)11-5-3-8-16-9-11/h11,14H,2-10H2,1H3. The van der Waals surface area contributed by atoms with Crippen molar-refractivity contribution in [1.82, 2.24) is 5.32 Å². The Balaban J connectivity index is 2.04. The number of piperidine rings is 1. The Morgan fingerprint density at radius 2 is 2.38 bits per heavy atom. The van der Waals surface area contributed by atoms with Gasteiger partial charge in [0.2, 0.25) is 0 Å². The summed E-state index contributed by atoms with van der Waals surface area (Å²) in [5.41, 5.74) is -0.0936. The molecule has 0 saturated carbocycles. The molecule has 2 fully saturated rings. The molecular formula is C13H23NO2. The first-order chi connectivity index (χ1) is 7.78. The molecule has 0 aromatic rings. The van der Waals surface area contributed by atoms with E-state index >= 15 is 0 Å². The molecule has 2 saturated heterocycles. The number of ether oxygens (including phenoxy) is 1. The zero-order valence-corrected chi connectivity index (χ0v) is 10.3. The summed E-state index contributed by atoms with van der Waals surface area (Å²) < 4.78 is 5.44. The highest BCUT2D eigenvalue weighted by Crippen LogP contribution is 2.35. The third-order valence-corrected chi connectivity index (χ3v) is 4.20. The first-order valence-electron chi connectivity index (χ1n) is 6.61. The average molecular weight is 225 g/mol. The minimum atomic E-state index is -0.0936. The Morgan fingerprint density at radius 3 is 2.94 bits per heavy atom. The van der Waals surface area contributed by atoms with Crippen molar-refractivity contribution in [2.75, 3.05) is 26.3 Å². The maximum atomic E-state index is 12.6. The number of hydrogen-bond acceptors (Lipinski definition) is 3. The van der Waals surface area contributed by atoms with E-state index in [9.17, 15) is 4.79 Å². The van der Waals surface area contributed by atoms with Crippen LogP contribution in [0, 0.1) is 11.3 Å². The summed E-state index contributed by atoms with van der Waals surface area (Å²) in [7, 11) is 0. The number of carbonyl (C=O) groups excluding carboxylic acids is 1. The lowest BCUT2D eigenvalue weighted by Crippen LogP contribution is -2.48. The van der Waals surface area contributed by atoms with Crippen molar-refractivity contribution in [3.8, 4) is 0 Å². The molecule has 0 radical (unpaired) electrons. The van der Waals surface area contributed by atoms with Crippen LogP contribution >= 0.6 is 0 Å². The summed E-state index contributed by atoms with van der Waals surface area (Å²) >= 11 is 0. The number of nitrogens with one attached hydrogen (secondary N) is 1. The van der Waals surface area contributed by atoms with Crippen molar-refractivity contribution < 1.29 is 9.53 Å². The molecule has 2 unspecified atom stereocenters. The van der Waals surface area contributed by atoms with Crippen LogP contribution in [0.25, 0.3) is 0 Å². The molecule has 0 aliphatic carbocycles. The summed E-state index contributed by atoms with van der Waals surface area (Å²) in [6.07, 6.45) is 5.23. The van der Waals surface area contributed by atoms with E-state index in [0.29, 0.717) is 12.4 Å². The van der Waals surface area contributed by atoms with E-state index in [1.807, 2.05) is 0 Å². The van der Waals surface area contributed by atoms with E-state index in [4.69, 9.17) is 4.74 Å². The van der Waals surface area contributed by atoms with Gasteiger partial charge < -0.3 is 10.1 Å². The Kier molecular flexibility index (Phi) is 3.98. The first kappa shape index (κ1) is 12.1. The normalized spacial score (nSPS) is 35.9. The van der Waals surface area contributed by atoms with Crippen molar-refractivity contribution in [1.29, 1.82) is 0 Å². The highest BCUT2D eigenvalue weighted by atomic mass is 16.5. The van der Waals surface area contributed by atoms with E-state index in [1.165, 1.54) is 0 Å². The van der Waals surface area contributed by atoms with Crippen LogP contribution < -0.4 is 5.32 Å². The lowest BCUT2D eigenvalue weighted by atomic mass is 9.70. The molecule has 2 heterocycles. The van der Waals surface area contributed by atoms with Crippen molar-refractivity contribution in [2.24, 2.45) is 11.3 Å². The molecule has 2 aliphatic heterocycles. The highest BCUT2D eigenvalue weighted by Gasteiger charge is 2.41. The van der Waals surface area contributed by atoms with E-state index in [2.05, 4.69) is 12.2 Å². The lowest BCUT2D eigenvalue weighted by Gasteiger charge is -2.38. The van der Waals surface area contributed by atoms with Crippen LogP contribution in [0.1, 0.15) is 39.0 Å². The van der Waals surface area contributed by atoms with Gasteiger partial charge in [0.15, 0.2) is 0 Å². The van der Waals surface area contributed by atoms with Crippen LogP contribution in [0.3, 0.4) is 0 Å². The van der Waals surface area contributed by atoms with E-state index in [-0.39, 0.29) is 11.3 Å². The molecule has 0 aromatic heterocycles. The number of Topliss-reactive ketones (excluding diaryl/α,β-unsaturated/α-hetero) is 1. The Bertz CT molecular complexity index is 240. The SMILES string of the molecule is CCC1(C(=O)C2CCCOC2)CCCNC1. The smallest absolute Gasteiger partial charge is 0.145 e. The van der Waals surface area contributed by atoms with Gasteiger partial charge >= 0.3 is 0 Å². The van der Waals surface area contributed by atoms with Crippen LogP contribution in [0.2, 0.25) is 0 Å². The molecule has 1 N–H and O–H groups in total. The van der Waals surface area contributed by atoms with Gasteiger partial charge in [-0.15, -0.1) is 0 Å². The molecule has 92 valence electrons. The van der Waals surface area contributed by atoms with Gasteiger partial charge in [-0.05, 0) is 38.6 Å². The fraction of sp³-hybridized carbons (Fsp3) is 0.923. The predicted molar refractivity (Wildman–Crippen MR) is 63.4 cm³/mol. The van der Waals surface area contributed by atoms with Crippen LogP contribution in [0.15, 0.2) is 0 Å². The van der Waals surface area contributed by atoms with Gasteiger partial charge in [0, 0.05) is 24.5 Å². The minimum Gasteiger partial charge on any atom is -0.381 e. The fourth-order valence-electron chi connectivity index (χ4n) is 3.03. The zero-order chi connectivity index (χ0) is 11.4. The quantitative estimate of drug-likeness (QED) is 0.795. The van der Waals surface area contributed by atoms with Crippen LogP contribution in [0.5, 0.6) is 0 Å². The third kappa shape index (κ3) is 2.30. The second-order valence-electron chi connectivity index (χ2n) is 5.19.